The molecule has 0 amide bonds. The maximum atomic E-state index is 4.36. The SMILES string of the molecule is CN(C)CCCn1c[c]c2cccnc21. The highest BCUT2D eigenvalue weighted by Crippen LogP contribution is 2.11. The molecule has 2 aromatic heterocycles. The van der Waals surface area contributed by atoms with Crippen molar-refractivity contribution in [2.75, 3.05) is 20.6 Å². The molecule has 0 aliphatic carbocycles. The predicted molar refractivity (Wildman–Crippen MR) is 61.7 cm³/mol. The third-order valence-electron chi connectivity index (χ3n) is 2.44. The highest BCUT2D eigenvalue weighted by Gasteiger charge is 2.01. The summed E-state index contributed by atoms with van der Waals surface area (Å²) in [6.45, 7) is 2.11. The summed E-state index contributed by atoms with van der Waals surface area (Å²) in [7, 11) is 4.19. The van der Waals surface area contributed by atoms with E-state index < -0.39 is 0 Å². The third-order valence-corrected chi connectivity index (χ3v) is 2.44. The summed E-state index contributed by atoms with van der Waals surface area (Å²) in [6.07, 6.45) is 4.97. The molecule has 0 N–H and O–H groups in total. The van der Waals surface area contributed by atoms with Gasteiger partial charge in [0.15, 0.2) is 0 Å². The monoisotopic (exact) mass is 202 g/mol. The molecule has 2 heterocycles. The molecule has 0 aromatic carbocycles. The van der Waals surface area contributed by atoms with Crippen LogP contribution in [0.1, 0.15) is 6.42 Å². The first kappa shape index (κ1) is 10.2. The van der Waals surface area contributed by atoms with Crippen molar-refractivity contribution < 1.29 is 0 Å². The number of nitrogens with zero attached hydrogens (tertiary/aromatic N) is 3. The van der Waals surface area contributed by atoms with Gasteiger partial charge in [-0.25, -0.2) is 4.98 Å². The Morgan fingerprint density at radius 3 is 3.13 bits per heavy atom. The van der Waals surface area contributed by atoms with Crippen LogP contribution in [0.15, 0.2) is 24.5 Å². The molecule has 0 atom stereocenters. The van der Waals surface area contributed by atoms with Gasteiger partial charge in [-0.1, -0.05) is 0 Å². The van der Waals surface area contributed by atoms with Crippen molar-refractivity contribution in [2.24, 2.45) is 0 Å². The summed E-state index contributed by atoms with van der Waals surface area (Å²) < 4.78 is 2.17. The summed E-state index contributed by atoms with van der Waals surface area (Å²) in [6, 6.07) is 7.21. The molecular formula is C12H16N3. The first-order chi connectivity index (χ1) is 7.27. The van der Waals surface area contributed by atoms with Crippen LogP contribution in [0.5, 0.6) is 0 Å². The van der Waals surface area contributed by atoms with Crippen molar-refractivity contribution in [3.8, 4) is 0 Å². The molecular weight excluding hydrogens is 186 g/mol. The molecule has 79 valence electrons. The van der Waals surface area contributed by atoms with E-state index >= 15 is 0 Å². The minimum atomic E-state index is 1.01. The van der Waals surface area contributed by atoms with Crippen LogP contribution in [0, 0.1) is 6.07 Å². The van der Waals surface area contributed by atoms with Crippen LogP contribution in [-0.4, -0.2) is 35.1 Å². The van der Waals surface area contributed by atoms with Crippen molar-refractivity contribution in [3.63, 3.8) is 0 Å². The third kappa shape index (κ3) is 2.36. The summed E-state index contributed by atoms with van der Waals surface area (Å²) in [5.74, 6) is 0. The molecule has 0 aliphatic heterocycles. The van der Waals surface area contributed by atoms with Gasteiger partial charge in [-0.2, -0.15) is 0 Å². The first-order valence-corrected chi connectivity index (χ1v) is 5.23. The van der Waals surface area contributed by atoms with Gasteiger partial charge < -0.3 is 9.47 Å². The zero-order valence-electron chi connectivity index (χ0n) is 9.27. The van der Waals surface area contributed by atoms with E-state index in [1.807, 2.05) is 24.5 Å². The second-order valence-electron chi connectivity index (χ2n) is 4.00. The second kappa shape index (κ2) is 4.45. The smallest absolute Gasteiger partial charge is 0.140 e. The number of fused-ring (bicyclic) bond motifs is 1. The van der Waals surface area contributed by atoms with Crippen molar-refractivity contribution in [2.45, 2.75) is 13.0 Å². The Bertz CT molecular complexity index is 431. The number of hydrogen-bond donors (Lipinski definition) is 0. The fourth-order valence-electron chi connectivity index (χ4n) is 1.67. The van der Waals surface area contributed by atoms with Gasteiger partial charge in [0, 0.05) is 30.4 Å². The van der Waals surface area contributed by atoms with Crippen molar-refractivity contribution in [1.29, 1.82) is 0 Å². The van der Waals surface area contributed by atoms with Gasteiger partial charge in [-0.3, -0.25) is 0 Å². The number of aromatic nitrogens is 2. The van der Waals surface area contributed by atoms with Gasteiger partial charge in [-0.15, -0.1) is 0 Å². The largest absolute Gasteiger partial charge is 0.332 e. The second-order valence-corrected chi connectivity index (χ2v) is 4.00. The van der Waals surface area contributed by atoms with Gasteiger partial charge >= 0.3 is 0 Å². The zero-order chi connectivity index (χ0) is 10.7. The van der Waals surface area contributed by atoms with Crippen LogP contribution in [-0.2, 0) is 6.54 Å². The molecule has 3 heteroatoms. The normalized spacial score (nSPS) is 11.4. The molecule has 0 bridgehead atoms. The lowest BCUT2D eigenvalue weighted by molar-refractivity contribution is 0.387. The van der Waals surface area contributed by atoms with Crippen LogP contribution in [0.4, 0.5) is 0 Å². The van der Waals surface area contributed by atoms with E-state index in [0.29, 0.717) is 0 Å². The first-order valence-electron chi connectivity index (χ1n) is 5.23. The maximum absolute atomic E-state index is 4.36. The molecule has 0 unspecified atom stereocenters. The maximum Gasteiger partial charge on any atom is 0.140 e. The van der Waals surface area contributed by atoms with Crippen LogP contribution in [0.25, 0.3) is 11.0 Å². The number of rotatable bonds is 4. The van der Waals surface area contributed by atoms with E-state index in [0.717, 1.165) is 30.5 Å². The molecule has 0 saturated carbocycles. The topological polar surface area (TPSA) is 21.1 Å². The molecule has 1 radical (unpaired) electrons. The summed E-state index contributed by atoms with van der Waals surface area (Å²) in [5.41, 5.74) is 1.04. The van der Waals surface area contributed by atoms with Crippen molar-refractivity contribution in [1.82, 2.24) is 14.5 Å². The van der Waals surface area contributed by atoms with Crippen LogP contribution in [0.2, 0.25) is 0 Å². The Kier molecular flexibility index (Phi) is 3.02. The molecule has 0 fully saturated rings. The molecule has 0 aliphatic rings. The van der Waals surface area contributed by atoms with Crippen molar-refractivity contribution >= 4 is 11.0 Å². The number of hydrogen-bond acceptors (Lipinski definition) is 2. The van der Waals surface area contributed by atoms with Gasteiger partial charge in [0.1, 0.15) is 5.65 Å². The Balaban J connectivity index is 2.08. The Hall–Kier alpha value is -1.35. The van der Waals surface area contributed by atoms with Gasteiger partial charge in [-0.05, 0) is 39.2 Å². The standard InChI is InChI=1S/C12H16N3/c1-14(2)8-4-9-15-10-6-11-5-3-7-13-12(11)15/h3,5,7,10H,4,8-9H2,1-2H3. The van der Waals surface area contributed by atoms with E-state index in [2.05, 4.69) is 34.6 Å². The average Bonchev–Trinajstić information content (AvgIpc) is 2.62. The fourth-order valence-corrected chi connectivity index (χ4v) is 1.67. The Labute approximate surface area is 90.3 Å². The summed E-state index contributed by atoms with van der Waals surface area (Å²) in [5, 5.41) is 1.10. The molecule has 2 aromatic rings. The molecule has 15 heavy (non-hydrogen) atoms. The van der Waals surface area contributed by atoms with Crippen LogP contribution < -0.4 is 0 Å². The summed E-state index contributed by atoms with van der Waals surface area (Å²) in [4.78, 5) is 6.55. The van der Waals surface area contributed by atoms with E-state index in [1.54, 1.807) is 0 Å². The average molecular weight is 202 g/mol. The number of aryl methyl sites for hydroxylation is 1. The van der Waals surface area contributed by atoms with E-state index in [1.165, 1.54) is 0 Å². The molecule has 2 rings (SSSR count). The molecule has 3 nitrogen and oxygen atoms in total. The molecule has 0 saturated heterocycles. The van der Waals surface area contributed by atoms with Gasteiger partial charge in [0.25, 0.3) is 0 Å². The lowest BCUT2D eigenvalue weighted by Crippen LogP contribution is -2.14. The Morgan fingerprint density at radius 1 is 1.47 bits per heavy atom. The van der Waals surface area contributed by atoms with E-state index in [9.17, 15) is 0 Å². The van der Waals surface area contributed by atoms with Gasteiger partial charge in [0.2, 0.25) is 0 Å². The van der Waals surface area contributed by atoms with E-state index in [4.69, 9.17) is 0 Å². The van der Waals surface area contributed by atoms with Gasteiger partial charge in [0.05, 0.1) is 0 Å². The number of pyridine rings is 1. The van der Waals surface area contributed by atoms with Crippen LogP contribution in [0.3, 0.4) is 0 Å². The van der Waals surface area contributed by atoms with Crippen LogP contribution >= 0.6 is 0 Å². The quantitative estimate of drug-likeness (QED) is 0.753. The minimum absolute atomic E-state index is 1.01. The molecule has 0 spiro atoms. The lowest BCUT2D eigenvalue weighted by atomic mass is 10.3. The highest BCUT2D eigenvalue weighted by atomic mass is 15.1. The lowest BCUT2D eigenvalue weighted by Gasteiger charge is -2.09. The van der Waals surface area contributed by atoms with E-state index in [-0.39, 0.29) is 0 Å². The Morgan fingerprint density at radius 2 is 2.33 bits per heavy atom. The predicted octanol–water partition coefficient (Wildman–Crippen LogP) is 1.79. The zero-order valence-corrected chi connectivity index (χ0v) is 9.27. The fraction of sp³-hybridized carbons (Fsp3) is 0.417. The summed E-state index contributed by atoms with van der Waals surface area (Å²) >= 11 is 0. The van der Waals surface area contributed by atoms with Crippen molar-refractivity contribution in [3.05, 3.63) is 30.6 Å². The minimum Gasteiger partial charge on any atom is -0.332 e. The highest BCUT2D eigenvalue weighted by molar-refractivity contribution is 5.74.